The van der Waals surface area contributed by atoms with E-state index in [1.165, 1.54) is 11.8 Å². The van der Waals surface area contributed by atoms with E-state index in [0.717, 1.165) is 26.9 Å². The number of nitrogens with zero attached hydrogens (tertiary/aromatic N) is 3. The van der Waals surface area contributed by atoms with Gasteiger partial charge in [-0.05, 0) is 36.8 Å². The van der Waals surface area contributed by atoms with Crippen LogP contribution in [0.15, 0.2) is 75.4 Å². The fourth-order valence-electron chi connectivity index (χ4n) is 3.43. The van der Waals surface area contributed by atoms with Crippen LogP contribution in [0.4, 0.5) is 5.69 Å². The molecule has 0 spiro atoms. The summed E-state index contributed by atoms with van der Waals surface area (Å²) in [6, 6.07) is 19.9. The third-order valence-corrected chi connectivity index (χ3v) is 5.77. The average molecular weight is 372 g/mol. The van der Waals surface area contributed by atoms with Crippen molar-refractivity contribution < 1.29 is 4.74 Å². The summed E-state index contributed by atoms with van der Waals surface area (Å²) in [5, 5.41) is 20.5. The van der Waals surface area contributed by atoms with Crippen LogP contribution in [0.25, 0.3) is 0 Å². The highest BCUT2D eigenvalue weighted by atomic mass is 32.2. The monoisotopic (exact) mass is 372 g/mol. The summed E-state index contributed by atoms with van der Waals surface area (Å²) < 4.78 is 5.50. The quantitative estimate of drug-likeness (QED) is 0.868. The first kappa shape index (κ1) is 17.1. The van der Waals surface area contributed by atoms with Crippen LogP contribution in [-0.4, -0.2) is 6.61 Å². The van der Waals surface area contributed by atoms with Crippen molar-refractivity contribution in [1.82, 2.24) is 0 Å². The molecule has 0 saturated heterocycles. The van der Waals surface area contributed by atoms with Gasteiger partial charge < -0.3 is 10.5 Å². The van der Waals surface area contributed by atoms with Crippen LogP contribution in [0.3, 0.4) is 0 Å². The highest BCUT2D eigenvalue weighted by molar-refractivity contribution is 8.03. The Morgan fingerprint density at radius 2 is 1.78 bits per heavy atom. The van der Waals surface area contributed by atoms with Crippen molar-refractivity contribution in [2.75, 3.05) is 11.5 Å². The van der Waals surface area contributed by atoms with E-state index in [4.69, 9.17) is 10.5 Å². The van der Waals surface area contributed by atoms with Gasteiger partial charge in [-0.15, -0.1) is 0 Å². The molecule has 0 aliphatic carbocycles. The maximum atomic E-state index is 9.94. The van der Waals surface area contributed by atoms with Gasteiger partial charge in [0, 0.05) is 4.90 Å². The molecule has 0 amide bonds. The molecule has 0 aromatic heterocycles. The van der Waals surface area contributed by atoms with Crippen molar-refractivity contribution in [3.05, 3.63) is 76.1 Å². The first-order chi connectivity index (χ1) is 13.2. The van der Waals surface area contributed by atoms with Crippen molar-refractivity contribution in [3.8, 4) is 17.9 Å². The number of para-hydroxylation sites is 1. The number of hydrogen-bond donors (Lipinski definition) is 1. The molecule has 4 rings (SSSR count). The number of nitriles is 2. The Balaban J connectivity index is 1.87. The SMILES string of the molecule is CCOc1ccc([C@H]2C(C#N)=C(N)N3C(=C2C#N)Sc2ccccc23)cc1. The van der Waals surface area contributed by atoms with Gasteiger partial charge in [0.2, 0.25) is 0 Å². The van der Waals surface area contributed by atoms with E-state index < -0.39 is 5.92 Å². The van der Waals surface area contributed by atoms with Gasteiger partial charge >= 0.3 is 0 Å². The highest BCUT2D eigenvalue weighted by Gasteiger charge is 2.40. The first-order valence-electron chi connectivity index (χ1n) is 8.53. The zero-order chi connectivity index (χ0) is 19.0. The number of benzene rings is 2. The van der Waals surface area contributed by atoms with Gasteiger partial charge in [-0.3, -0.25) is 4.90 Å². The Morgan fingerprint density at radius 1 is 1.07 bits per heavy atom. The zero-order valence-electron chi connectivity index (χ0n) is 14.6. The van der Waals surface area contributed by atoms with E-state index in [1.54, 1.807) is 0 Å². The van der Waals surface area contributed by atoms with Gasteiger partial charge in [-0.25, -0.2) is 0 Å². The second-order valence-electron chi connectivity index (χ2n) is 6.08. The Bertz CT molecular complexity index is 1060. The number of nitrogens with two attached hydrogens (primary N) is 1. The van der Waals surface area contributed by atoms with Crippen LogP contribution < -0.4 is 15.4 Å². The van der Waals surface area contributed by atoms with Gasteiger partial charge in [0.05, 0.1) is 41.5 Å². The molecule has 2 aliphatic rings. The zero-order valence-corrected chi connectivity index (χ0v) is 15.5. The van der Waals surface area contributed by atoms with Crippen LogP contribution in [-0.2, 0) is 0 Å². The van der Waals surface area contributed by atoms with Crippen LogP contribution in [0, 0.1) is 22.7 Å². The van der Waals surface area contributed by atoms with E-state index in [1.807, 2.05) is 60.4 Å². The molecule has 2 aromatic carbocycles. The molecule has 27 heavy (non-hydrogen) atoms. The maximum Gasteiger partial charge on any atom is 0.123 e. The fourth-order valence-corrected chi connectivity index (χ4v) is 4.61. The topological polar surface area (TPSA) is 86.1 Å². The Morgan fingerprint density at radius 3 is 2.44 bits per heavy atom. The predicted octanol–water partition coefficient (Wildman–Crippen LogP) is 4.22. The number of anilines is 1. The summed E-state index contributed by atoms with van der Waals surface area (Å²) in [4.78, 5) is 2.84. The molecule has 0 bridgehead atoms. The molecule has 2 N–H and O–H groups in total. The van der Waals surface area contributed by atoms with Crippen LogP contribution in [0.5, 0.6) is 5.75 Å². The second-order valence-corrected chi connectivity index (χ2v) is 7.11. The fraction of sp³-hybridized carbons (Fsp3) is 0.143. The molecule has 0 radical (unpaired) electrons. The summed E-state index contributed by atoms with van der Waals surface area (Å²) in [5.41, 5.74) is 9.08. The summed E-state index contributed by atoms with van der Waals surface area (Å²) in [7, 11) is 0. The minimum Gasteiger partial charge on any atom is -0.494 e. The summed E-state index contributed by atoms with van der Waals surface area (Å²) in [5.74, 6) is 0.648. The molecule has 2 heterocycles. The van der Waals surface area contributed by atoms with Gasteiger partial charge in [-0.2, -0.15) is 10.5 Å². The van der Waals surface area contributed by atoms with Crippen molar-refractivity contribution in [1.29, 1.82) is 10.5 Å². The smallest absolute Gasteiger partial charge is 0.123 e. The Labute approximate surface area is 162 Å². The third-order valence-electron chi connectivity index (χ3n) is 4.61. The van der Waals surface area contributed by atoms with Crippen molar-refractivity contribution in [2.24, 2.45) is 5.73 Å². The van der Waals surface area contributed by atoms with Crippen LogP contribution >= 0.6 is 11.8 Å². The number of allylic oxidation sites excluding steroid dienone is 2. The minimum atomic E-state index is -0.483. The lowest BCUT2D eigenvalue weighted by Crippen LogP contribution is -2.32. The normalized spacial score (nSPS) is 17.9. The number of ether oxygens (including phenoxy) is 1. The van der Waals surface area contributed by atoms with E-state index in [-0.39, 0.29) is 0 Å². The van der Waals surface area contributed by atoms with E-state index in [9.17, 15) is 10.5 Å². The van der Waals surface area contributed by atoms with E-state index >= 15 is 0 Å². The van der Waals surface area contributed by atoms with E-state index in [0.29, 0.717) is 23.6 Å². The van der Waals surface area contributed by atoms with Gasteiger partial charge in [0.25, 0.3) is 0 Å². The highest BCUT2D eigenvalue weighted by Crippen LogP contribution is 2.54. The number of thioether (sulfide) groups is 1. The Kier molecular flexibility index (Phi) is 4.27. The van der Waals surface area contributed by atoms with Gasteiger partial charge in [0.15, 0.2) is 0 Å². The van der Waals surface area contributed by atoms with E-state index in [2.05, 4.69) is 12.1 Å². The summed E-state index contributed by atoms with van der Waals surface area (Å²) in [6.45, 7) is 2.50. The molecule has 0 unspecified atom stereocenters. The lowest BCUT2D eigenvalue weighted by Gasteiger charge is -2.31. The van der Waals surface area contributed by atoms with Gasteiger partial charge in [-0.1, -0.05) is 36.0 Å². The second kappa shape index (κ2) is 6.75. The van der Waals surface area contributed by atoms with Gasteiger partial charge in [0.1, 0.15) is 16.6 Å². The molecular formula is C21H16N4OS. The predicted molar refractivity (Wildman–Crippen MR) is 105 cm³/mol. The summed E-state index contributed by atoms with van der Waals surface area (Å²) in [6.07, 6.45) is 0. The molecule has 0 fully saturated rings. The molecule has 2 aromatic rings. The molecular weight excluding hydrogens is 356 g/mol. The third kappa shape index (κ3) is 2.63. The number of hydrogen-bond acceptors (Lipinski definition) is 6. The van der Waals surface area contributed by atoms with Crippen molar-refractivity contribution >= 4 is 17.4 Å². The average Bonchev–Trinajstić information content (AvgIpc) is 3.08. The lowest BCUT2D eigenvalue weighted by molar-refractivity contribution is 0.340. The molecule has 2 aliphatic heterocycles. The largest absolute Gasteiger partial charge is 0.494 e. The number of rotatable bonds is 3. The maximum absolute atomic E-state index is 9.94. The number of fused-ring (bicyclic) bond motifs is 3. The molecule has 0 saturated carbocycles. The molecule has 132 valence electrons. The summed E-state index contributed by atoms with van der Waals surface area (Å²) >= 11 is 1.51. The molecule has 6 heteroatoms. The molecule has 1 atom stereocenters. The first-order valence-corrected chi connectivity index (χ1v) is 9.35. The standard InChI is InChI=1S/C21H16N4OS/c1-2-26-14-9-7-13(8-10-14)19-15(11-22)20(24)25-17-5-3-4-6-18(17)27-21(25)16(19)12-23/h3-10,19H,2,24H2,1H3/t19-/m0/s1. The van der Waals surface area contributed by atoms with Crippen LogP contribution in [0.2, 0.25) is 0 Å². The molecule has 5 nitrogen and oxygen atoms in total. The van der Waals surface area contributed by atoms with Crippen molar-refractivity contribution in [3.63, 3.8) is 0 Å². The Hall–Kier alpha value is -3.35. The van der Waals surface area contributed by atoms with Crippen molar-refractivity contribution in [2.45, 2.75) is 17.7 Å². The lowest BCUT2D eigenvalue weighted by atomic mass is 9.83. The van der Waals surface area contributed by atoms with Crippen LogP contribution in [0.1, 0.15) is 18.4 Å². The minimum absolute atomic E-state index is 0.378.